The molecule has 2 aromatic rings. The molecule has 0 amide bonds. The number of halogens is 1. The Hall–Kier alpha value is -1.12. The van der Waals surface area contributed by atoms with Crippen LogP contribution in [0.1, 0.15) is 33.9 Å². The predicted octanol–water partition coefficient (Wildman–Crippen LogP) is 4.62. The Morgan fingerprint density at radius 1 is 1.05 bits per heavy atom. The number of hydrogen-bond donors (Lipinski definition) is 1. The van der Waals surface area contributed by atoms with Crippen molar-refractivity contribution in [1.82, 2.24) is 0 Å². The maximum Gasteiger partial charge on any atom is 0.0341 e. The molecular weight excluding hydrogens is 298 g/mol. The van der Waals surface area contributed by atoms with Gasteiger partial charge in [0.05, 0.1) is 0 Å². The molecule has 0 aromatic heterocycles. The second-order valence-corrected chi connectivity index (χ2v) is 6.17. The molecule has 0 saturated heterocycles. The van der Waals surface area contributed by atoms with Gasteiger partial charge < -0.3 is 5.73 Å². The maximum absolute atomic E-state index is 6.41. The molecule has 1 unspecified atom stereocenters. The van der Waals surface area contributed by atoms with Crippen LogP contribution in [0.5, 0.6) is 0 Å². The van der Waals surface area contributed by atoms with Crippen molar-refractivity contribution >= 4 is 15.9 Å². The summed E-state index contributed by atoms with van der Waals surface area (Å²) < 4.78 is 1.11. The van der Waals surface area contributed by atoms with Crippen LogP contribution in [0.25, 0.3) is 0 Å². The van der Waals surface area contributed by atoms with E-state index < -0.39 is 0 Å². The lowest BCUT2D eigenvalue weighted by Gasteiger charge is -2.18. The number of benzene rings is 2. The van der Waals surface area contributed by atoms with Crippen LogP contribution in [0.3, 0.4) is 0 Å². The van der Waals surface area contributed by atoms with Crippen LogP contribution in [0.2, 0.25) is 0 Å². The molecule has 2 N–H and O–H groups in total. The van der Waals surface area contributed by atoms with Crippen LogP contribution in [0, 0.1) is 20.8 Å². The van der Waals surface area contributed by atoms with Crippen LogP contribution in [0.15, 0.2) is 40.9 Å². The van der Waals surface area contributed by atoms with Crippen LogP contribution >= 0.6 is 15.9 Å². The van der Waals surface area contributed by atoms with Crippen molar-refractivity contribution in [2.24, 2.45) is 5.73 Å². The molecule has 0 radical (unpaired) electrons. The Bertz CT molecular complexity index is 567. The molecule has 0 saturated carbocycles. The summed E-state index contributed by atoms with van der Waals surface area (Å²) in [6.45, 7) is 6.43. The highest BCUT2D eigenvalue weighted by Gasteiger charge is 2.13. The Balaban J connectivity index is 2.28. The number of nitrogens with two attached hydrogens (primary N) is 1. The van der Waals surface area contributed by atoms with E-state index in [9.17, 15) is 0 Å². The molecule has 1 atom stereocenters. The maximum atomic E-state index is 6.41. The standard InChI is InChI=1S/C17H20BrN/c1-11-7-12(2)17(13(3)8-11)16(19)10-14-5-4-6-15(18)9-14/h4-9,16H,10,19H2,1-3H3. The van der Waals surface area contributed by atoms with Crippen molar-refractivity contribution in [2.45, 2.75) is 33.2 Å². The van der Waals surface area contributed by atoms with Gasteiger partial charge >= 0.3 is 0 Å². The van der Waals surface area contributed by atoms with E-state index in [4.69, 9.17) is 5.73 Å². The smallest absolute Gasteiger partial charge is 0.0341 e. The van der Waals surface area contributed by atoms with E-state index in [1.807, 2.05) is 6.07 Å². The lowest BCUT2D eigenvalue weighted by atomic mass is 9.91. The van der Waals surface area contributed by atoms with Crippen molar-refractivity contribution in [2.75, 3.05) is 0 Å². The van der Waals surface area contributed by atoms with Crippen LogP contribution in [-0.4, -0.2) is 0 Å². The molecule has 0 aliphatic rings. The minimum Gasteiger partial charge on any atom is -0.324 e. The van der Waals surface area contributed by atoms with Gasteiger partial charge in [0.25, 0.3) is 0 Å². The summed E-state index contributed by atoms with van der Waals surface area (Å²) in [4.78, 5) is 0. The number of aryl methyl sites for hydroxylation is 3. The predicted molar refractivity (Wildman–Crippen MR) is 85.4 cm³/mol. The van der Waals surface area contributed by atoms with Crippen molar-refractivity contribution in [3.8, 4) is 0 Å². The van der Waals surface area contributed by atoms with E-state index in [-0.39, 0.29) is 6.04 Å². The zero-order chi connectivity index (χ0) is 14.0. The Kier molecular flexibility index (Phi) is 4.43. The highest BCUT2D eigenvalue weighted by atomic mass is 79.9. The molecular formula is C17H20BrN. The third-order valence-electron chi connectivity index (χ3n) is 3.45. The second-order valence-electron chi connectivity index (χ2n) is 5.25. The topological polar surface area (TPSA) is 26.0 Å². The fourth-order valence-corrected chi connectivity index (χ4v) is 3.24. The summed E-state index contributed by atoms with van der Waals surface area (Å²) >= 11 is 3.51. The van der Waals surface area contributed by atoms with Gasteiger partial charge in [0.15, 0.2) is 0 Å². The Labute approximate surface area is 124 Å². The van der Waals surface area contributed by atoms with Crippen LogP contribution in [0.4, 0.5) is 0 Å². The molecule has 0 aliphatic heterocycles. The van der Waals surface area contributed by atoms with Gasteiger partial charge in [-0.1, -0.05) is 45.8 Å². The van der Waals surface area contributed by atoms with Gasteiger partial charge in [-0.25, -0.2) is 0 Å². The van der Waals surface area contributed by atoms with Crippen molar-refractivity contribution < 1.29 is 0 Å². The van der Waals surface area contributed by atoms with Gasteiger partial charge in [-0.15, -0.1) is 0 Å². The summed E-state index contributed by atoms with van der Waals surface area (Å²) in [5, 5.41) is 0. The molecule has 19 heavy (non-hydrogen) atoms. The number of hydrogen-bond acceptors (Lipinski definition) is 1. The molecule has 1 nitrogen and oxygen atoms in total. The van der Waals surface area contributed by atoms with E-state index >= 15 is 0 Å². The normalized spacial score (nSPS) is 12.5. The van der Waals surface area contributed by atoms with E-state index in [0.717, 1.165) is 10.9 Å². The van der Waals surface area contributed by atoms with E-state index in [1.54, 1.807) is 0 Å². The molecule has 0 bridgehead atoms. The summed E-state index contributed by atoms with van der Waals surface area (Å²) in [5.41, 5.74) is 12.8. The zero-order valence-corrected chi connectivity index (χ0v) is 13.3. The van der Waals surface area contributed by atoms with E-state index in [2.05, 4.69) is 67.0 Å². The number of rotatable bonds is 3. The first-order valence-corrected chi connectivity index (χ1v) is 7.34. The third kappa shape index (κ3) is 3.46. The minimum absolute atomic E-state index is 0.0508. The molecule has 2 rings (SSSR count). The molecule has 0 aliphatic carbocycles. The third-order valence-corrected chi connectivity index (χ3v) is 3.95. The molecule has 2 aromatic carbocycles. The second kappa shape index (κ2) is 5.89. The fraction of sp³-hybridized carbons (Fsp3) is 0.294. The van der Waals surface area contributed by atoms with Gasteiger partial charge in [-0.05, 0) is 61.6 Å². The van der Waals surface area contributed by atoms with E-state index in [1.165, 1.54) is 27.8 Å². The fourth-order valence-electron chi connectivity index (χ4n) is 2.80. The zero-order valence-electron chi connectivity index (χ0n) is 11.7. The lowest BCUT2D eigenvalue weighted by Crippen LogP contribution is -2.16. The van der Waals surface area contributed by atoms with Crippen LogP contribution in [-0.2, 0) is 6.42 Å². The summed E-state index contributed by atoms with van der Waals surface area (Å²) in [5.74, 6) is 0. The molecule has 0 spiro atoms. The molecule has 100 valence electrons. The van der Waals surface area contributed by atoms with Crippen molar-refractivity contribution in [3.63, 3.8) is 0 Å². The molecule has 0 fully saturated rings. The van der Waals surface area contributed by atoms with Gasteiger partial charge in [-0.2, -0.15) is 0 Å². The molecule has 2 heteroatoms. The summed E-state index contributed by atoms with van der Waals surface area (Å²) in [6.07, 6.45) is 0.865. The first kappa shape index (κ1) is 14.3. The average molecular weight is 318 g/mol. The van der Waals surface area contributed by atoms with Gasteiger partial charge in [-0.3, -0.25) is 0 Å². The summed E-state index contributed by atoms with van der Waals surface area (Å²) in [6, 6.07) is 12.8. The highest BCUT2D eigenvalue weighted by Crippen LogP contribution is 2.25. The first-order chi connectivity index (χ1) is 8.97. The van der Waals surface area contributed by atoms with Crippen molar-refractivity contribution in [1.29, 1.82) is 0 Å². The largest absolute Gasteiger partial charge is 0.324 e. The lowest BCUT2D eigenvalue weighted by molar-refractivity contribution is 0.710. The average Bonchev–Trinajstić information content (AvgIpc) is 2.27. The minimum atomic E-state index is 0.0508. The first-order valence-electron chi connectivity index (χ1n) is 6.55. The van der Waals surface area contributed by atoms with E-state index in [0.29, 0.717) is 0 Å². The Morgan fingerprint density at radius 3 is 2.26 bits per heavy atom. The van der Waals surface area contributed by atoms with Gasteiger partial charge in [0.1, 0.15) is 0 Å². The highest BCUT2D eigenvalue weighted by molar-refractivity contribution is 9.10. The SMILES string of the molecule is Cc1cc(C)c(C(N)Cc2cccc(Br)c2)c(C)c1. The monoisotopic (exact) mass is 317 g/mol. The van der Waals surface area contributed by atoms with Crippen molar-refractivity contribution in [3.05, 3.63) is 68.7 Å². The summed E-state index contributed by atoms with van der Waals surface area (Å²) in [7, 11) is 0. The quantitative estimate of drug-likeness (QED) is 0.878. The van der Waals surface area contributed by atoms with Gasteiger partial charge in [0.2, 0.25) is 0 Å². The van der Waals surface area contributed by atoms with Crippen LogP contribution < -0.4 is 5.73 Å². The Morgan fingerprint density at radius 2 is 1.68 bits per heavy atom. The molecule has 0 heterocycles. The van der Waals surface area contributed by atoms with Gasteiger partial charge in [0, 0.05) is 10.5 Å².